The fourth-order valence-electron chi connectivity index (χ4n) is 5.91. The van der Waals surface area contributed by atoms with Gasteiger partial charge in [0.05, 0.1) is 22.1 Å². The summed E-state index contributed by atoms with van der Waals surface area (Å²) in [5.41, 5.74) is 7.95. The highest BCUT2D eigenvalue weighted by Gasteiger charge is 2.21. The summed E-state index contributed by atoms with van der Waals surface area (Å²) in [5.74, 6) is -0.244. The van der Waals surface area contributed by atoms with Gasteiger partial charge in [-0.25, -0.2) is 4.39 Å². The lowest BCUT2D eigenvalue weighted by Gasteiger charge is -2.26. The average molecular weight is 519 g/mol. The van der Waals surface area contributed by atoms with Crippen LogP contribution in [0.2, 0.25) is 0 Å². The first-order valence-corrected chi connectivity index (χ1v) is 13.3. The smallest absolute Gasteiger partial charge is 0.137 e. The van der Waals surface area contributed by atoms with Crippen LogP contribution < -0.4 is 4.90 Å². The van der Waals surface area contributed by atoms with Gasteiger partial charge in [0.2, 0.25) is 0 Å². The van der Waals surface area contributed by atoms with Crippen LogP contribution in [0.3, 0.4) is 0 Å². The molecule has 0 aliphatic heterocycles. The summed E-state index contributed by atoms with van der Waals surface area (Å²) < 4.78 is 22.2. The Morgan fingerprint density at radius 1 is 0.525 bits per heavy atom. The molecule has 0 saturated heterocycles. The molecule has 8 aromatic rings. The largest absolute Gasteiger partial charge is 0.456 e. The first-order valence-electron chi connectivity index (χ1n) is 13.3. The Labute approximate surface area is 229 Å². The highest BCUT2D eigenvalue weighted by molar-refractivity contribution is 6.14. The Bertz CT molecular complexity index is 2180. The number of fused-ring (bicyclic) bond motifs is 6. The molecule has 0 unspecified atom stereocenters. The van der Waals surface area contributed by atoms with Crippen LogP contribution in [0.25, 0.3) is 49.4 Å². The van der Waals surface area contributed by atoms with Gasteiger partial charge in [0.1, 0.15) is 17.0 Å². The Balaban J connectivity index is 1.42. The van der Waals surface area contributed by atoms with Crippen LogP contribution in [0.15, 0.2) is 144 Å². The zero-order chi connectivity index (χ0) is 26.6. The summed E-state index contributed by atoms with van der Waals surface area (Å²) in [7, 11) is 0. The molecule has 0 bridgehead atoms. The van der Waals surface area contributed by atoms with Crippen molar-refractivity contribution >= 4 is 60.8 Å². The third kappa shape index (κ3) is 3.43. The van der Waals surface area contributed by atoms with Gasteiger partial charge in [0, 0.05) is 33.2 Å². The van der Waals surface area contributed by atoms with Gasteiger partial charge in [-0.05, 0) is 78.9 Å². The normalized spacial score (nSPS) is 11.6. The van der Waals surface area contributed by atoms with E-state index in [0.29, 0.717) is 0 Å². The van der Waals surface area contributed by atoms with Crippen molar-refractivity contribution in [1.82, 2.24) is 4.57 Å². The standard InChI is InChI=1S/C36H23FN2O/c37-24-17-19-26(20-18-24)39-31-13-6-4-11-28(31)30-23-27(21-22-32(30)39)38(25-9-2-1-3-10-25)33-14-8-16-35-36(33)29-12-5-7-15-34(29)40-35/h1-23H. The van der Waals surface area contributed by atoms with Gasteiger partial charge in [0.25, 0.3) is 0 Å². The molecule has 0 saturated carbocycles. The van der Waals surface area contributed by atoms with Crippen molar-refractivity contribution in [2.24, 2.45) is 0 Å². The van der Waals surface area contributed by atoms with Crippen LogP contribution in [0, 0.1) is 5.82 Å². The Morgan fingerprint density at radius 3 is 2.08 bits per heavy atom. The average Bonchev–Trinajstić information content (AvgIpc) is 3.55. The van der Waals surface area contributed by atoms with Crippen molar-refractivity contribution < 1.29 is 8.81 Å². The van der Waals surface area contributed by atoms with Crippen molar-refractivity contribution in [3.63, 3.8) is 0 Å². The maximum absolute atomic E-state index is 13.8. The van der Waals surface area contributed by atoms with Crippen LogP contribution in [0.5, 0.6) is 0 Å². The fraction of sp³-hybridized carbons (Fsp3) is 0. The number of hydrogen-bond acceptors (Lipinski definition) is 2. The monoisotopic (exact) mass is 518 g/mol. The zero-order valence-electron chi connectivity index (χ0n) is 21.5. The van der Waals surface area contributed by atoms with Crippen molar-refractivity contribution in [1.29, 1.82) is 0 Å². The number of furan rings is 1. The lowest BCUT2D eigenvalue weighted by Crippen LogP contribution is -2.10. The van der Waals surface area contributed by atoms with E-state index < -0.39 is 0 Å². The predicted octanol–water partition coefficient (Wildman–Crippen LogP) is 10.3. The molecule has 40 heavy (non-hydrogen) atoms. The summed E-state index contributed by atoms with van der Waals surface area (Å²) in [5, 5.41) is 4.44. The van der Waals surface area contributed by atoms with Gasteiger partial charge >= 0.3 is 0 Å². The van der Waals surface area contributed by atoms with Crippen LogP contribution >= 0.6 is 0 Å². The quantitative estimate of drug-likeness (QED) is 0.231. The van der Waals surface area contributed by atoms with Crippen molar-refractivity contribution in [3.8, 4) is 5.69 Å². The van der Waals surface area contributed by atoms with E-state index >= 15 is 0 Å². The number of para-hydroxylation sites is 3. The minimum Gasteiger partial charge on any atom is -0.456 e. The second kappa shape index (κ2) is 8.85. The molecule has 0 spiro atoms. The van der Waals surface area contributed by atoms with Crippen molar-refractivity contribution in [2.75, 3.05) is 4.90 Å². The summed E-state index contributed by atoms with van der Waals surface area (Å²) in [4.78, 5) is 2.30. The second-order valence-corrected chi connectivity index (χ2v) is 9.95. The molecule has 6 aromatic carbocycles. The Morgan fingerprint density at radius 2 is 1.23 bits per heavy atom. The Kier molecular flexibility index (Phi) is 5.01. The lowest BCUT2D eigenvalue weighted by atomic mass is 10.1. The van der Waals surface area contributed by atoms with Gasteiger partial charge in [-0.15, -0.1) is 0 Å². The van der Waals surface area contributed by atoms with Crippen LogP contribution in [0.4, 0.5) is 21.5 Å². The summed E-state index contributed by atoms with van der Waals surface area (Å²) >= 11 is 0. The minimum absolute atomic E-state index is 0.244. The summed E-state index contributed by atoms with van der Waals surface area (Å²) in [6, 6.07) is 46.5. The topological polar surface area (TPSA) is 21.3 Å². The molecule has 0 amide bonds. The molecule has 2 aromatic heterocycles. The van der Waals surface area contributed by atoms with E-state index in [1.54, 1.807) is 0 Å². The number of anilines is 3. The van der Waals surface area contributed by atoms with E-state index in [1.165, 1.54) is 12.1 Å². The minimum atomic E-state index is -0.244. The van der Waals surface area contributed by atoms with Gasteiger partial charge in [-0.1, -0.05) is 60.7 Å². The molecule has 0 atom stereocenters. The number of aromatic nitrogens is 1. The number of benzene rings is 6. The van der Waals surface area contributed by atoms with Crippen molar-refractivity contribution in [3.05, 3.63) is 145 Å². The molecular weight excluding hydrogens is 495 g/mol. The molecular formula is C36H23FN2O. The molecule has 2 heterocycles. The molecule has 4 heteroatoms. The van der Waals surface area contributed by atoms with Gasteiger partial charge in [-0.3, -0.25) is 0 Å². The molecule has 8 rings (SSSR count). The summed E-state index contributed by atoms with van der Waals surface area (Å²) in [6.07, 6.45) is 0. The predicted molar refractivity (Wildman–Crippen MR) is 163 cm³/mol. The first kappa shape index (κ1) is 22.6. The molecule has 0 radical (unpaired) electrons. The number of nitrogens with zero attached hydrogens (tertiary/aromatic N) is 2. The van der Waals surface area contributed by atoms with Gasteiger partial charge in [0.15, 0.2) is 0 Å². The third-order valence-corrected chi connectivity index (χ3v) is 7.64. The first-order chi connectivity index (χ1) is 19.8. The van der Waals surface area contributed by atoms with E-state index in [-0.39, 0.29) is 5.82 Å². The van der Waals surface area contributed by atoms with E-state index in [0.717, 1.165) is 66.5 Å². The highest BCUT2D eigenvalue weighted by atomic mass is 19.1. The van der Waals surface area contributed by atoms with Gasteiger partial charge in [-0.2, -0.15) is 0 Å². The summed E-state index contributed by atoms with van der Waals surface area (Å²) in [6.45, 7) is 0. The maximum atomic E-state index is 13.8. The molecule has 3 nitrogen and oxygen atoms in total. The SMILES string of the molecule is Fc1ccc(-n2c3ccccc3c3cc(N(c4ccccc4)c4cccc5oc6ccccc6c45)ccc32)cc1. The van der Waals surface area contributed by atoms with Gasteiger partial charge < -0.3 is 13.9 Å². The second-order valence-electron chi connectivity index (χ2n) is 9.95. The fourth-order valence-corrected chi connectivity index (χ4v) is 5.91. The third-order valence-electron chi connectivity index (χ3n) is 7.64. The number of hydrogen-bond donors (Lipinski definition) is 0. The highest BCUT2D eigenvalue weighted by Crippen LogP contribution is 2.44. The lowest BCUT2D eigenvalue weighted by molar-refractivity contribution is 0.627. The Hall–Kier alpha value is -5.35. The molecule has 0 N–H and O–H groups in total. The number of rotatable bonds is 4. The van der Waals surface area contributed by atoms with E-state index in [2.05, 4.69) is 94.4 Å². The van der Waals surface area contributed by atoms with E-state index in [4.69, 9.17) is 4.42 Å². The van der Waals surface area contributed by atoms with E-state index in [9.17, 15) is 4.39 Å². The molecule has 0 aliphatic rings. The number of halogens is 1. The van der Waals surface area contributed by atoms with E-state index in [1.807, 2.05) is 42.5 Å². The molecule has 190 valence electrons. The maximum Gasteiger partial charge on any atom is 0.137 e. The van der Waals surface area contributed by atoms with Crippen molar-refractivity contribution in [2.45, 2.75) is 0 Å². The van der Waals surface area contributed by atoms with Crippen LogP contribution in [-0.4, -0.2) is 4.57 Å². The molecule has 0 aliphatic carbocycles. The zero-order valence-corrected chi connectivity index (χ0v) is 21.5. The van der Waals surface area contributed by atoms with Crippen LogP contribution in [0.1, 0.15) is 0 Å². The van der Waals surface area contributed by atoms with Crippen LogP contribution in [-0.2, 0) is 0 Å². The molecule has 0 fully saturated rings.